The molecule has 5 aromatic carbocycles. The number of hydrogen-bond acceptors (Lipinski definition) is 4. The number of benzene rings is 5. The summed E-state index contributed by atoms with van der Waals surface area (Å²) in [5.74, 6) is 0.448. The predicted molar refractivity (Wildman–Crippen MR) is 169 cm³/mol. The van der Waals surface area contributed by atoms with Crippen LogP contribution in [0.25, 0.3) is 67.5 Å². The van der Waals surface area contributed by atoms with Crippen LogP contribution in [0.1, 0.15) is 9.60 Å². The molecule has 0 fully saturated rings. The van der Waals surface area contributed by atoms with Crippen LogP contribution in [-0.2, 0) is 14.1 Å². The summed E-state index contributed by atoms with van der Waals surface area (Å²) in [6.07, 6.45) is 0. The van der Waals surface area contributed by atoms with Crippen LogP contribution in [0, 0.1) is 0 Å². The summed E-state index contributed by atoms with van der Waals surface area (Å²) in [5.41, 5.74) is 2.17. The van der Waals surface area contributed by atoms with Crippen LogP contribution < -0.4 is 5.69 Å². The van der Waals surface area contributed by atoms with E-state index in [2.05, 4.69) is 9.97 Å². The van der Waals surface area contributed by atoms with Crippen LogP contribution in [0.3, 0.4) is 0 Å². The molecule has 2 aromatic heterocycles. The number of imidazole rings is 1. The Bertz CT molecular complexity index is 2470. The Morgan fingerprint density at radius 1 is 0.476 bits per heavy atom. The van der Waals surface area contributed by atoms with Gasteiger partial charge < -0.3 is 0 Å². The molecule has 0 atom stereocenters. The average Bonchev–Trinajstić information content (AvgIpc) is 3.36. The monoisotopic (exact) mass is 552 g/mol. The summed E-state index contributed by atoms with van der Waals surface area (Å²) in [6, 6.07) is 23.4. The molecule has 0 spiro atoms. The third kappa shape index (κ3) is 4.59. The second-order valence-corrected chi connectivity index (χ2v) is 9.71. The van der Waals surface area contributed by atoms with Gasteiger partial charge in [0.1, 0.15) is 0 Å². The van der Waals surface area contributed by atoms with Gasteiger partial charge in [-0.2, -0.15) is 0 Å². The molecule has 0 aliphatic rings. The Labute approximate surface area is 253 Å². The van der Waals surface area contributed by atoms with Crippen molar-refractivity contribution in [1.82, 2.24) is 24.1 Å². The van der Waals surface area contributed by atoms with E-state index in [0.717, 1.165) is 11.1 Å². The molecule has 0 saturated heterocycles. The zero-order chi connectivity index (χ0) is 34.7. The van der Waals surface area contributed by atoms with E-state index in [1.807, 2.05) is 84.9 Å². The topological polar surface area (TPSA) is 65.6 Å². The standard InChI is InChI=1S/C36H27N5O/c1-40-31-22-21-30(23-32(31)41(2)36(40)42)26-15-19-29(20-16-26)35-38-33(27-11-7-4-8-12-27)37-34(39-35)28-17-13-25(14-18-28)24-9-5-3-6-10-24/h3-23H,1-2H3/i15D,16D,19D,20D,21D,22D,23D. The first-order chi connectivity index (χ1) is 23.5. The lowest BCUT2D eigenvalue weighted by Gasteiger charge is -2.10. The molecule has 0 N–H and O–H groups in total. The summed E-state index contributed by atoms with van der Waals surface area (Å²) in [7, 11) is 2.88. The number of rotatable bonds is 5. The molecular formula is C36H27N5O. The van der Waals surface area contributed by atoms with Gasteiger partial charge in [0.25, 0.3) is 0 Å². The summed E-state index contributed by atoms with van der Waals surface area (Å²) in [6.45, 7) is 0. The minimum Gasteiger partial charge on any atom is -0.295 e. The zero-order valence-corrected chi connectivity index (χ0v) is 22.7. The van der Waals surface area contributed by atoms with Gasteiger partial charge >= 0.3 is 5.69 Å². The largest absolute Gasteiger partial charge is 0.328 e. The minimum absolute atomic E-state index is 0.0531. The second kappa shape index (κ2) is 10.4. The Morgan fingerprint density at radius 2 is 0.905 bits per heavy atom. The van der Waals surface area contributed by atoms with Crippen LogP contribution in [0.5, 0.6) is 0 Å². The normalized spacial score (nSPS) is 13.5. The fourth-order valence-electron chi connectivity index (χ4n) is 4.74. The number of aromatic nitrogens is 5. The maximum atomic E-state index is 12.7. The number of fused-ring (bicyclic) bond motifs is 1. The summed E-state index contributed by atoms with van der Waals surface area (Å²) in [5, 5.41) is 0. The van der Waals surface area contributed by atoms with E-state index >= 15 is 0 Å². The van der Waals surface area contributed by atoms with Crippen molar-refractivity contribution in [2.75, 3.05) is 0 Å². The summed E-state index contributed by atoms with van der Waals surface area (Å²) >= 11 is 0. The lowest BCUT2D eigenvalue weighted by atomic mass is 10.0. The zero-order valence-electron chi connectivity index (χ0n) is 29.7. The van der Waals surface area contributed by atoms with Gasteiger partial charge in [0, 0.05) is 30.8 Å². The molecule has 0 radical (unpaired) electrons. The number of hydrogen-bond donors (Lipinski definition) is 0. The Kier molecular flexibility index (Phi) is 4.63. The Morgan fingerprint density at radius 3 is 1.52 bits per heavy atom. The molecule has 0 bridgehead atoms. The van der Waals surface area contributed by atoms with Crippen LogP contribution in [0.15, 0.2) is 132 Å². The van der Waals surface area contributed by atoms with Gasteiger partial charge in [0.2, 0.25) is 0 Å². The lowest BCUT2D eigenvalue weighted by Crippen LogP contribution is -2.19. The molecule has 2 heterocycles. The third-order valence-corrected chi connectivity index (χ3v) is 7.03. The van der Waals surface area contributed by atoms with E-state index in [4.69, 9.17) is 14.6 Å². The first-order valence-corrected chi connectivity index (χ1v) is 13.2. The fraction of sp³-hybridized carbons (Fsp3) is 0.0556. The van der Waals surface area contributed by atoms with Crippen molar-refractivity contribution in [3.05, 3.63) is 138 Å². The van der Waals surface area contributed by atoms with E-state index in [-0.39, 0.29) is 57.3 Å². The second-order valence-electron chi connectivity index (χ2n) is 9.71. The highest BCUT2D eigenvalue weighted by atomic mass is 16.1. The van der Waals surface area contributed by atoms with Crippen molar-refractivity contribution in [2.24, 2.45) is 14.1 Å². The van der Waals surface area contributed by atoms with E-state index in [1.54, 1.807) is 0 Å². The van der Waals surface area contributed by atoms with Crippen molar-refractivity contribution in [3.63, 3.8) is 0 Å². The SMILES string of the molecule is [2H]c1c([2H])c(-c2c([2H])c([2H])c3c(c2[2H])n(C)c(=O)n3C)c([2H])c([2H])c1-c1nc(-c2ccccc2)nc(-c2ccc(-c3ccccc3)cc2)n1. The minimum atomic E-state index is -0.534. The molecular weight excluding hydrogens is 518 g/mol. The number of nitrogens with zero attached hydrogens (tertiary/aromatic N) is 5. The summed E-state index contributed by atoms with van der Waals surface area (Å²) in [4.78, 5) is 26.7. The smallest absolute Gasteiger partial charge is 0.295 e. The Hall–Kier alpha value is -5.62. The molecule has 0 unspecified atom stereocenters. The molecule has 0 amide bonds. The molecule has 7 rings (SSSR count). The maximum Gasteiger partial charge on any atom is 0.328 e. The van der Waals surface area contributed by atoms with Crippen LogP contribution >= 0.6 is 0 Å². The molecule has 6 nitrogen and oxygen atoms in total. The van der Waals surface area contributed by atoms with E-state index in [1.165, 1.54) is 23.2 Å². The highest BCUT2D eigenvalue weighted by Gasteiger charge is 2.14. The lowest BCUT2D eigenvalue weighted by molar-refractivity contribution is 0.795. The summed E-state index contributed by atoms with van der Waals surface area (Å²) < 4.78 is 64.8. The highest BCUT2D eigenvalue weighted by molar-refractivity contribution is 5.83. The van der Waals surface area contributed by atoms with E-state index in [0.29, 0.717) is 11.1 Å². The molecule has 0 saturated carbocycles. The van der Waals surface area contributed by atoms with Gasteiger partial charge in [-0.1, -0.05) is 115 Å². The van der Waals surface area contributed by atoms with E-state index < -0.39 is 35.9 Å². The number of aryl methyl sites for hydroxylation is 2. The van der Waals surface area contributed by atoms with Crippen molar-refractivity contribution in [2.45, 2.75) is 0 Å². The van der Waals surface area contributed by atoms with Gasteiger partial charge in [-0.25, -0.2) is 19.7 Å². The van der Waals surface area contributed by atoms with Gasteiger partial charge in [-0.05, 0) is 34.3 Å². The molecule has 0 aliphatic heterocycles. The molecule has 7 aromatic rings. The van der Waals surface area contributed by atoms with Crippen LogP contribution in [-0.4, -0.2) is 24.1 Å². The van der Waals surface area contributed by atoms with Crippen LogP contribution in [0.4, 0.5) is 0 Å². The molecule has 202 valence electrons. The van der Waals surface area contributed by atoms with Gasteiger partial charge in [0.05, 0.1) is 20.6 Å². The van der Waals surface area contributed by atoms with Gasteiger partial charge in [-0.3, -0.25) is 9.13 Å². The van der Waals surface area contributed by atoms with Crippen molar-refractivity contribution in [3.8, 4) is 56.4 Å². The molecule has 42 heavy (non-hydrogen) atoms. The van der Waals surface area contributed by atoms with Gasteiger partial charge in [-0.15, -0.1) is 0 Å². The third-order valence-electron chi connectivity index (χ3n) is 7.03. The van der Waals surface area contributed by atoms with Crippen molar-refractivity contribution >= 4 is 11.0 Å². The first-order valence-electron chi connectivity index (χ1n) is 16.7. The van der Waals surface area contributed by atoms with Crippen molar-refractivity contribution < 1.29 is 9.60 Å². The molecule has 6 heteroatoms. The first kappa shape index (κ1) is 18.7. The average molecular weight is 553 g/mol. The Balaban J connectivity index is 1.44. The fourth-order valence-corrected chi connectivity index (χ4v) is 4.74. The van der Waals surface area contributed by atoms with Gasteiger partial charge in [0.15, 0.2) is 17.5 Å². The van der Waals surface area contributed by atoms with Crippen LogP contribution in [0.2, 0.25) is 0 Å². The molecule has 0 aliphatic carbocycles. The quantitative estimate of drug-likeness (QED) is 0.223. The van der Waals surface area contributed by atoms with E-state index in [9.17, 15) is 4.79 Å². The van der Waals surface area contributed by atoms with Crippen molar-refractivity contribution in [1.29, 1.82) is 0 Å². The maximum absolute atomic E-state index is 12.7. The highest BCUT2D eigenvalue weighted by Crippen LogP contribution is 2.29. The predicted octanol–water partition coefficient (Wildman–Crippen LogP) is 7.40.